The van der Waals surface area contributed by atoms with Gasteiger partial charge in [-0.15, -0.1) is 47.0 Å². The normalized spacial score (nSPS) is 11.0. The zero-order chi connectivity index (χ0) is 17.0. The Bertz CT molecular complexity index is 701. The standard InChI is InChI=1S/C16H16Br2S5/c1-19-11-6-5-10(15(18)16(11)22-4)23-12-8-14(21-3)13(20-2)7-9(12)17/h5-8H,1-4H3. The van der Waals surface area contributed by atoms with Crippen molar-refractivity contribution in [2.75, 3.05) is 25.0 Å². The summed E-state index contributed by atoms with van der Waals surface area (Å²) in [5.74, 6) is 0. The van der Waals surface area contributed by atoms with Crippen molar-refractivity contribution in [2.24, 2.45) is 0 Å². The lowest BCUT2D eigenvalue weighted by atomic mass is 10.3. The first-order valence-corrected chi connectivity index (χ1v) is 13.9. The predicted molar refractivity (Wildman–Crippen MR) is 120 cm³/mol. The number of hydrogen-bond donors (Lipinski definition) is 0. The summed E-state index contributed by atoms with van der Waals surface area (Å²) >= 11 is 16.5. The minimum Gasteiger partial charge on any atom is -0.128 e. The summed E-state index contributed by atoms with van der Waals surface area (Å²) < 4.78 is 2.34. The highest BCUT2D eigenvalue weighted by atomic mass is 79.9. The summed E-state index contributed by atoms with van der Waals surface area (Å²) in [5.41, 5.74) is 0. The number of halogens is 2. The van der Waals surface area contributed by atoms with E-state index in [1.54, 1.807) is 58.8 Å². The second kappa shape index (κ2) is 9.74. The van der Waals surface area contributed by atoms with Crippen LogP contribution in [0.2, 0.25) is 0 Å². The van der Waals surface area contributed by atoms with Crippen LogP contribution in [0.4, 0.5) is 0 Å². The molecule has 23 heavy (non-hydrogen) atoms. The van der Waals surface area contributed by atoms with E-state index in [9.17, 15) is 0 Å². The maximum Gasteiger partial charge on any atom is 0.0461 e. The van der Waals surface area contributed by atoms with Gasteiger partial charge in [-0.2, -0.15) is 0 Å². The molecule has 0 saturated carbocycles. The van der Waals surface area contributed by atoms with Crippen LogP contribution < -0.4 is 0 Å². The number of hydrogen-bond acceptors (Lipinski definition) is 5. The van der Waals surface area contributed by atoms with Gasteiger partial charge in [0, 0.05) is 38.3 Å². The van der Waals surface area contributed by atoms with Crippen LogP contribution in [0.1, 0.15) is 0 Å². The molecule has 0 aliphatic carbocycles. The van der Waals surface area contributed by atoms with Gasteiger partial charge in [-0.05, 0) is 81.1 Å². The van der Waals surface area contributed by atoms with Crippen LogP contribution in [0.25, 0.3) is 0 Å². The topological polar surface area (TPSA) is 0 Å². The molecule has 2 aromatic rings. The summed E-state index contributed by atoms with van der Waals surface area (Å²) in [6.45, 7) is 0. The Morgan fingerprint density at radius 2 is 1.22 bits per heavy atom. The molecular weight excluding hydrogens is 512 g/mol. The SMILES string of the molecule is CSc1cc(Br)c(Sc2ccc(SC)c(SC)c2Br)cc1SC. The minimum atomic E-state index is 1.15. The molecule has 0 N–H and O–H groups in total. The van der Waals surface area contributed by atoms with Crippen LogP contribution in [-0.4, -0.2) is 25.0 Å². The first kappa shape index (κ1) is 20.5. The molecule has 0 radical (unpaired) electrons. The molecular formula is C16H16Br2S5. The molecule has 2 rings (SSSR count). The van der Waals surface area contributed by atoms with E-state index in [1.165, 1.54) is 33.8 Å². The summed E-state index contributed by atoms with van der Waals surface area (Å²) in [4.78, 5) is 7.76. The van der Waals surface area contributed by atoms with Crippen molar-refractivity contribution in [3.63, 3.8) is 0 Å². The fourth-order valence-electron chi connectivity index (χ4n) is 1.98. The highest BCUT2D eigenvalue weighted by molar-refractivity contribution is 9.11. The fourth-order valence-corrected chi connectivity index (χ4v) is 8.00. The summed E-state index contributed by atoms with van der Waals surface area (Å²) in [6.07, 6.45) is 8.50. The van der Waals surface area contributed by atoms with E-state index in [4.69, 9.17) is 0 Å². The Hall–Kier alpha value is 1.15. The van der Waals surface area contributed by atoms with E-state index in [0.29, 0.717) is 0 Å². The molecule has 0 atom stereocenters. The third-order valence-corrected chi connectivity index (χ3v) is 9.92. The molecule has 0 amide bonds. The maximum atomic E-state index is 3.80. The molecule has 0 bridgehead atoms. The summed E-state index contributed by atoms with van der Waals surface area (Å²) in [7, 11) is 0. The molecule has 124 valence electrons. The van der Waals surface area contributed by atoms with Gasteiger partial charge in [-0.1, -0.05) is 11.8 Å². The van der Waals surface area contributed by atoms with Gasteiger partial charge < -0.3 is 0 Å². The van der Waals surface area contributed by atoms with Crippen molar-refractivity contribution in [1.82, 2.24) is 0 Å². The fraction of sp³-hybridized carbons (Fsp3) is 0.250. The van der Waals surface area contributed by atoms with Crippen molar-refractivity contribution in [3.8, 4) is 0 Å². The first-order valence-electron chi connectivity index (χ1n) is 6.55. The molecule has 0 fully saturated rings. The number of rotatable bonds is 6. The Kier molecular flexibility index (Phi) is 8.66. The lowest BCUT2D eigenvalue weighted by Crippen LogP contribution is -1.86. The zero-order valence-electron chi connectivity index (χ0n) is 13.1. The first-order chi connectivity index (χ1) is 11.0. The monoisotopic (exact) mass is 526 g/mol. The highest BCUT2D eigenvalue weighted by Gasteiger charge is 2.14. The number of thioether (sulfide) groups is 4. The lowest BCUT2D eigenvalue weighted by molar-refractivity contribution is 1.14. The van der Waals surface area contributed by atoms with Gasteiger partial charge in [0.05, 0.1) is 0 Å². The van der Waals surface area contributed by atoms with E-state index in [0.717, 1.165) is 4.47 Å². The highest BCUT2D eigenvalue weighted by Crippen LogP contribution is 2.45. The molecule has 7 heteroatoms. The van der Waals surface area contributed by atoms with Crippen molar-refractivity contribution in [3.05, 3.63) is 33.2 Å². The third-order valence-electron chi connectivity index (χ3n) is 3.11. The van der Waals surface area contributed by atoms with E-state index in [-0.39, 0.29) is 0 Å². The van der Waals surface area contributed by atoms with Gasteiger partial charge in [-0.25, -0.2) is 0 Å². The Labute approximate surface area is 176 Å². The van der Waals surface area contributed by atoms with E-state index in [2.05, 4.69) is 81.1 Å². The van der Waals surface area contributed by atoms with Crippen LogP contribution >= 0.6 is 90.7 Å². The second-order valence-electron chi connectivity index (χ2n) is 4.35. The molecule has 0 aliphatic rings. The van der Waals surface area contributed by atoms with Gasteiger partial charge in [0.1, 0.15) is 0 Å². The second-order valence-corrected chi connectivity index (χ2v) is 10.4. The Morgan fingerprint density at radius 3 is 1.78 bits per heavy atom. The molecule has 0 spiro atoms. The van der Waals surface area contributed by atoms with Crippen LogP contribution in [0.5, 0.6) is 0 Å². The maximum absolute atomic E-state index is 3.80. The Balaban J connectivity index is 2.43. The third kappa shape index (κ3) is 4.86. The molecule has 0 nitrogen and oxygen atoms in total. The van der Waals surface area contributed by atoms with Gasteiger partial charge >= 0.3 is 0 Å². The molecule has 0 saturated heterocycles. The van der Waals surface area contributed by atoms with Gasteiger partial charge in [0.25, 0.3) is 0 Å². The number of benzene rings is 2. The van der Waals surface area contributed by atoms with Crippen LogP contribution in [-0.2, 0) is 0 Å². The van der Waals surface area contributed by atoms with Crippen LogP contribution in [0.3, 0.4) is 0 Å². The molecule has 0 unspecified atom stereocenters. The predicted octanol–water partition coefficient (Wildman–Crippen LogP) is 8.25. The average molecular weight is 528 g/mol. The molecule has 0 heterocycles. The molecule has 0 aromatic heterocycles. The van der Waals surface area contributed by atoms with Crippen LogP contribution in [0, 0.1) is 0 Å². The van der Waals surface area contributed by atoms with Crippen molar-refractivity contribution in [2.45, 2.75) is 29.4 Å². The van der Waals surface area contributed by atoms with Crippen LogP contribution in [0.15, 0.2) is 62.6 Å². The quantitative estimate of drug-likeness (QED) is 0.345. The summed E-state index contributed by atoms with van der Waals surface area (Å²) in [5, 5.41) is 0. The largest absolute Gasteiger partial charge is 0.128 e. The average Bonchev–Trinajstić information content (AvgIpc) is 2.57. The smallest absolute Gasteiger partial charge is 0.0461 e. The van der Waals surface area contributed by atoms with E-state index in [1.807, 2.05) is 0 Å². The zero-order valence-corrected chi connectivity index (χ0v) is 20.4. The van der Waals surface area contributed by atoms with Gasteiger partial charge in [0.2, 0.25) is 0 Å². The van der Waals surface area contributed by atoms with E-state index < -0.39 is 0 Å². The minimum absolute atomic E-state index is 1.15. The summed E-state index contributed by atoms with van der Waals surface area (Å²) in [6, 6.07) is 8.91. The van der Waals surface area contributed by atoms with Crippen molar-refractivity contribution in [1.29, 1.82) is 0 Å². The Morgan fingerprint density at radius 1 is 0.652 bits per heavy atom. The lowest BCUT2D eigenvalue weighted by Gasteiger charge is -2.14. The van der Waals surface area contributed by atoms with Gasteiger partial charge in [0.15, 0.2) is 0 Å². The molecule has 2 aromatic carbocycles. The van der Waals surface area contributed by atoms with Gasteiger partial charge in [-0.3, -0.25) is 0 Å². The van der Waals surface area contributed by atoms with E-state index >= 15 is 0 Å². The van der Waals surface area contributed by atoms with Crippen molar-refractivity contribution >= 4 is 90.7 Å². The molecule has 0 aliphatic heterocycles. The van der Waals surface area contributed by atoms with Crippen molar-refractivity contribution < 1.29 is 0 Å².